The molecule has 0 unspecified atom stereocenters. The van der Waals surface area contributed by atoms with Crippen LogP contribution < -0.4 is 4.74 Å². The molecule has 1 fully saturated rings. The lowest BCUT2D eigenvalue weighted by Crippen LogP contribution is -2.13. The molecule has 1 aliphatic carbocycles. The molecule has 84 valence electrons. The van der Waals surface area contributed by atoms with Crippen LogP contribution in [-0.4, -0.2) is 17.3 Å². The Bertz CT molecular complexity index is 426. The lowest BCUT2D eigenvalue weighted by Gasteiger charge is -2.04. The largest absolute Gasteiger partial charge is 0.479 e. The summed E-state index contributed by atoms with van der Waals surface area (Å²) in [4.78, 5) is 21.5. The predicted octanol–water partition coefficient (Wildman–Crippen LogP) is 1.95. The van der Waals surface area contributed by atoms with E-state index in [1.165, 1.54) is 12.1 Å². The third kappa shape index (κ3) is 2.36. The van der Waals surface area contributed by atoms with Crippen LogP contribution in [0.25, 0.3) is 0 Å². The fourth-order valence-corrected chi connectivity index (χ4v) is 1.40. The Kier molecular flexibility index (Phi) is 2.85. The molecule has 0 radical (unpaired) electrons. The highest BCUT2D eigenvalue weighted by Gasteiger charge is 2.30. The van der Waals surface area contributed by atoms with E-state index in [1.807, 2.05) is 0 Å². The molecule has 5 nitrogen and oxygen atoms in total. The summed E-state index contributed by atoms with van der Waals surface area (Å²) < 4.78 is 5.17. The average molecular weight is 221 g/mol. The van der Waals surface area contributed by atoms with E-state index in [4.69, 9.17) is 4.74 Å². The molecule has 0 bridgehead atoms. The number of ether oxygens (including phenoxy) is 1. The summed E-state index contributed by atoms with van der Waals surface area (Å²) in [5.41, 5.74) is -0.105. The number of hydrogen-bond acceptors (Lipinski definition) is 4. The number of rotatable bonds is 5. The van der Waals surface area contributed by atoms with Crippen LogP contribution in [0.3, 0.4) is 0 Å². The minimum absolute atomic E-state index is 0.0261. The summed E-state index contributed by atoms with van der Waals surface area (Å²) in [6.45, 7) is -0.0739. The monoisotopic (exact) mass is 221 g/mol. The Morgan fingerprint density at radius 2 is 2.12 bits per heavy atom. The normalized spacial score (nSPS) is 14.5. The average Bonchev–Trinajstić information content (AvgIpc) is 3.10. The Labute approximate surface area is 92.2 Å². The fourth-order valence-electron chi connectivity index (χ4n) is 1.40. The van der Waals surface area contributed by atoms with Gasteiger partial charge in [0.05, 0.1) is 4.92 Å². The van der Waals surface area contributed by atoms with E-state index in [0.29, 0.717) is 0 Å². The van der Waals surface area contributed by atoms with Crippen molar-refractivity contribution in [2.75, 3.05) is 6.61 Å². The smallest absolute Gasteiger partial charge is 0.310 e. The number of nitro groups is 1. The molecule has 16 heavy (non-hydrogen) atoms. The van der Waals surface area contributed by atoms with Gasteiger partial charge in [-0.05, 0) is 18.9 Å². The van der Waals surface area contributed by atoms with Gasteiger partial charge in [-0.1, -0.05) is 12.1 Å². The number of nitro benzene ring substituents is 1. The maximum atomic E-state index is 11.4. The highest BCUT2D eigenvalue weighted by molar-refractivity contribution is 5.84. The van der Waals surface area contributed by atoms with Crippen LogP contribution in [-0.2, 0) is 4.79 Å². The molecule has 1 aromatic rings. The minimum atomic E-state index is -0.517. The van der Waals surface area contributed by atoms with Gasteiger partial charge in [-0.2, -0.15) is 0 Å². The third-order valence-corrected chi connectivity index (χ3v) is 2.46. The number of ketones is 1. The first-order chi connectivity index (χ1) is 7.68. The van der Waals surface area contributed by atoms with Gasteiger partial charge in [0.1, 0.15) is 6.61 Å². The molecule has 0 heterocycles. The summed E-state index contributed by atoms with van der Waals surface area (Å²) in [6, 6.07) is 6.06. The Morgan fingerprint density at radius 1 is 1.44 bits per heavy atom. The van der Waals surface area contributed by atoms with Crippen LogP contribution in [0.2, 0.25) is 0 Å². The van der Waals surface area contributed by atoms with Gasteiger partial charge in [-0.15, -0.1) is 0 Å². The maximum absolute atomic E-state index is 11.4. The molecule has 1 aromatic carbocycles. The Morgan fingerprint density at radius 3 is 2.75 bits per heavy atom. The highest BCUT2D eigenvalue weighted by atomic mass is 16.6. The third-order valence-electron chi connectivity index (χ3n) is 2.46. The van der Waals surface area contributed by atoms with Gasteiger partial charge in [0.15, 0.2) is 11.5 Å². The van der Waals surface area contributed by atoms with Crippen molar-refractivity contribution in [1.82, 2.24) is 0 Å². The molecule has 1 saturated carbocycles. The van der Waals surface area contributed by atoms with E-state index < -0.39 is 4.92 Å². The quantitative estimate of drug-likeness (QED) is 0.562. The lowest BCUT2D eigenvalue weighted by molar-refractivity contribution is -0.385. The van der Waals surface area contributed by atoms with E-state index >= 15 is 0 Å². The summed E-state index contributed by atoms with van der Waals surface area (Å²) in [7, 11) is 0. The summed E-state index contributed by atoms with van der Waals surface area (Å²) in [5, 5.41) is 10.7. The maximum Gasteiger partial charge on any atom is 0.310 e. The van der Waals surface area contributed by atoms with Crippen molar-refractivity contribution in [3.63, 3.8) is 0 Å². The van der Waals surface area contributed by atoms with Crippen LogP contribution in [0.5, 0.6) is 5.75 Å². The summed E-state index contributed by atoms with van der Waals surface area (Å²) in [5.74, 6) is 0.294. The van der Waals surface area contributed by atoms with Crippen molar-refractivity contribution in [3.05, 3.63) is 34.4 Å². The van der Waals surface area contributed by atoms with Crippen molar-refractivity contribution < 1.29 is 14.5 Å². The van der Waals surface area contributed by atoms with Gasteiger partial charge in [0.25, 0.3) is 0 Å². The van der Waals surface area contributed by atoms with Crippen molar-refractivity contribution in [3.8, 4) is 5.75 Å². The fraction of sp³-hybridized carbons (Fsp3) is 0.364. The molecule has 0 amide bonds. The van der Waals surface area contributed by atoms with Crippen LogP contribution in [0.4, 0.5) is 5.69 Å². The first-order valence-corrected chi connectivity index (χ1v) is 5.07. The number of nitrogens with zero attached hydrogens (tertiary/aromatic N) is 1. The second kappa shape index (κ2) is 4.30. The second-order valence-electron chi connectivity index (χ2n) is 3.75. The minimum Gasteiger partial charge on any atom is -0.479 e. The van der Waals surface area contributed by atoms with Gasteiger partial charge in [0, 0.05) is 12.0 Å². The topological polar surface area (TPSA) is 69.4 Å². The SMILES string of the molecule is O=C(COc1ccccc1[N+](=O)[O-])C1CC1. The van der Waals surface area contributed by atoms with Crippen LogP contribution >= 0.6 is 0 Å². The number of carbonyl (C=O) groups is 1. The molecule has 2 rings (SSSR count). The van der Waals surface area contributed by atoms with E-state index in [9.17, 15) is 14.9 Å². The van der Waals surface area contributed by atoms with Gasteiger partial charge < -0.3 is 4.74 Å². The van der Waals surface area contributed by atoms with E-state index in [-0.39, 0.29) is 29.7 Å². The Balaban J connectivity index is 2.02. The first kappa shape index (κ1) is 10.6. The zero-order valence-corrected chi connectivity index (χ0v) is 8.59. The summed E-state index contributed by atoms with van der Waals surface area (Å²) in [6.07, 6.45) is 1.83. The highest BCUT2D eigenvalue weighted by Crippen LogP contribution is 2.31. The zero-order valence-electron chi connectivity index (χ0n) is 8.59. The predicted molar refractivity (Wildman–Crippen MR) is 56.3 cm³/mol. The van der Waals surface area contributed by atoms with Crippen molar-refractivity contribution in [2.24, 2.45) is 5.92 Å². The second-order valence-corrected chi connectivity index (χ2v) is 3.75. The number of para-hydroxylation sites is 2. The molecule has 0 aromatic heterocycles. The number of carbonyl (C=O) groups excluding carboxylic acids is 1. The number of benzene rings is 1. The van der Waals surface area contributed by atoms with Crippen molar-refractivity contribution in [1.29, 1.82) is 0 Å². The van der Waals surface area contributed by atoms with Gasteiger partial charge >= 0.3 is 5.69 Å². The lowest BCUT2D eigenvalue weighted by atomic mass is 10.3. The van der Waals surface area contributed by atoms with Gasteiger partial charge in [-0.3, -0.25) is 14.9 Å². The Hall–Kier alpha value is -1.91. The molecule has 5 heteroatoms. The standard InChI is InChI=1S/C11H11NO4/c13-10(8-5-6-8)7-16-11-4-2-1-3-9(11)12(14)15/h1-4,8H,5-7H2. The van der Waals surface area contributed by atoms with Gasteiger partial charge in [0.2, 0.25) is 0 Å². The first-order valence-electron chi connectivity index (χ1n) is 5.07. The van der Waals surface area contributed by atoms with E-state index in [2.05, 4.69) is 0 Å². The molecular weight excluding hydrogens is 210 g/mol. The molecule has 0 aliphatic heterocycles. The number of hydrogen-bond donors (Lipinski definition) is 0. The molecule has 0 saturated heterocycles. The molecule has 0 atom stereocenters. The van der Waals surface area contributed by atoms with E-state index in [0.717, 1.165) is 12.8 Å². The van der Waals surface area contributed by atoms with Gasteiger partial charge in [-0.25, -0.2) is 0 Å². The zero-order chi connectivity index (χ0) is 11.5. The van der Waals surface area contributed by atoms with Crippen molar-refractivity contribution >= 4 is 11.5 Å². The molecule has 1 aliphatic rings. The molecular formula is C11H11NO4. The number of Topliss-reactive ketones (excluding diaryl/α,β-unsaturated/α-hetero) is 1. The van der Waals surface area contributed by atoms with Crippen molar-refractivity contribution in [2.45, 2.75) is 12.8 Å². The van der Waals surface area contributed by atoms with Crippen LogP contribution in [0.1, 0.15) is 12.8 Å². The summed E-state index contributed by atoms with van der Waals surface area (Å²) >= 11 is 0. The van der Waals surface area contributed by atoms with Crippen LogP contribution in [0.15, 0.2) is 24.3 Å². The van der Waals surface area contributed by atoms with Crippen LogP contribution in [0, 0.1) is 16.0 Å². The molecule has 0 N–H and O–H groups in total. The van der Waals surface area contributed by atoms with E-state index in [1.54, 1.807) is 12.1 Å². The molecule has 0 spiro atoms.